The van der Waals surface area contributed by atoms with E-state index in [0.717, 1.165) is 4.47 Å². The van der Waals surface area contributed by atoms with Crippen LogP contribution in [0.3, 0.4) is 0 Å². The Bertz CT molecular complexity index is 402. The fourth-order valence-corrected chi connectivity index (χ4v) is 3.27. The average molecular weight is 339 g/mol. The van der Waals surface area contributed by atoms with E-state index in [2.05, 4.69) is 71.2 Å². The van der Waals surface area contributed by atoms with E-state index in [0.29, 0.717) is 18.1 Å². The lowest BCUT2D eigenvalue weighted by atomic mass is 10.0. The lowest BCUT2D eigenvalue weighted by Gasteiger charge is -2.25. The number of rotatable bonds is 4. The molecule has 0 bridgehead atoms. The lowest BCUT2D eigenvalue weighted by Crippen LogP contribution is -2.34. The highest BCUT2D eigenvalue weighted by Crippen LogP contribution is 2.20. The summed E-state index contributed by atoms with van der Waals surface area (Å²) in [7, 11) is 0. The number of likely N-dealkylation sites (tertiary alicyclic amines) is 1. The highest BCUT2D eigenvalue weighted by atomic mass is 79.9. The first kappa shape index (κ1) is 16.0. The normalized spacial score (nSPS) is 22.8. The van der Waals surface area contributed by atoms with Crippen LogP contribution in [0.15, 0.2) is 28.7 Å². The van der Waals surface area contributed by atoms with Gasteiger partial charge in [-0.15, -0.1) is 0 Å². The van der Waals surface area contributed by atoms with Crippen LogP contribution >= 0.6 is 15.9 Å². The van der Waals surface area contributed by atoms with Gasteiger partial charge in [0.15, 0.2) is 0 Å². The Morgan fingerprint density at radius 1 is 1.10 bits per heavy atom. The third-order valence-corrected chi connectivity index (χ3v) is 4.88. The first-order valence-corrected chi connectivity index (χ1v) is 8.61. The number of benzene rings is 1. The fourth-order valence-electron chi connectivity index (χ4n) is 3.00. The van der Waals surface area contributed by atoms with Crippen LogP contribution < -0.4 is 5.32 Å². The smallest absolute Gasteiger partial charge is 0.0294 e. The Balaban J connectivity index is 1.88. The van der Waals surface area contributed by atoms with Gasteiger partial charge in [0.1, 0.15) is 0 Å². The van der Waals surface area contributed by atoms with E-state index < -0.39 is 0 Å². The van der Waals surface area contributed by atoms with Gasteiger partial charge in [-0.1, -0.05) is 28.1 Å². The first-order valence-electron chi connectivity index (χ1n) is 7.82. The number of nitrogens with one attached hydrogen (secondary N) is 1. The Morgan fingerprint density at radius 3 is 2.45 bits per heavy atom. The van der Waals surface area contributed by atoms with Gasteiger partial charge < -0.3 is 10.2 Å². The zero-order chi connectivity index (χ0) is 14.5. The van der Waals surface area contributed by atoms with Crippen molar-refractivity contribution in [3.63, 3.8) is 0 Å². The SMILES string of the molecule is CC(C)N1CCCC(N[C@H](C)c2ccc(Br)cc2)CC1. The van der Waals surface area contributed by atoms with Crippen LogP contribution in [-0.4, -0.2) is 30.1 Å². The molecule has 0 aromatic heterocycles. The molecule has 0 saturated carbocycles. The maximum Gasteiger partial charge on any atom is 0.0294 e. The highest BCUT2D eigenvalue weighted by Gasteiger charge is 2.20. The van der Waals surface area contributed by atoms with E-state index >= 15 is 0 Å². The summed E-state index contributed by atoms with van der Waals surface area (Å²) in [5.74, 6) is 0. The quantitative estimate of drug-likeness (QED) is 0.877. The second-order valence-corrected chi connectivity index (χ2v) is 7.11. The second-order valence-electron chi connectivity index (χ2n) is 6.20. The number of nitrogens with zero attached hydrogens (tertiary/aromatic N) is 1. The number of halogens is 1. The molecule has 1 fully saturated rings. The monoisotopic (exact) mass is 338 g/mol. The summed E-state index contributed by atoms with van der Waals surface area (Å²) < 4.78 is 1.15. The van der Waals surface area contributed by atoms with Crippen molar-refractivity contribution >= 4 is 15.9 Å². The molecule has 0 aliphatic carbocycles. The van der Waals surface area contributed by atoms with Crippen molar-refractivity contribution in [3.8, 4) is 0 Å². The Hall–Kier alpha value is -0.380. The van der Waals surface area contributed by atoms with Gasteiger partial charge in [0.2, 0.25) is 0 Å². The average Bonchev–Trinajstić information content (AvgIpc) is 2.65. The van der Waals surface area contributed by atoms with Gasteiger partial charge in [0.05, 0.1) is 0 Å². The van der Waals surface area contributed by atoms with E-state index in [1.54, 1.807) is 0 Å². The van der Waals surface area contributed by atoms with E-state index in [1.165, 1.54) is 37.9 Å². The van der Waals surface area contributed by atoms with Gasteiger partial charge in [0.25, 0.3) is 0 Å². The van der Waals surface area contributed by atoms with Crippen LogP contribution in [0.25, 0.3) is 0 Å². The van der Waals surface area contributed by atoms with Gasteiger partial charge in [-0.2, -0.15) is 0 Å². The third kappa shape index (κ3) is 4.57. The van der Waals surface area contributed by atoms with Crippen LogP contribution in [0, 0.1) is 0 Å². The van der Waals surface area contributed by atoms with Crippen molar-refractivity contribution in [2.75, 3.05) is 13.1 Å². The summed E-state index contributed by atoms with van der Waals surface area (Å²) in [6, 6.07) is 10.4. The summed E-state index contributed by atoms with van der Waals surface area (Å²) in [6.07, 6.45) is 3.87. The molecule has 112 valence electrons. The van der Waals surface area contributed by atoms with Gasteiger partial charge in [0, 0.05) is 22.6 Å². The predicted molar refractivity (Wildman–Crippen MR) is 90.0 cm³/mol. The Labute approximate surface area is 132 Å². The van der Waals surface area contributed by atoms with Crippen molar-refractivity contribution < 1.29 is 0 Å². The van der Waals surface area contributed by atoms with Gasteiger partial charge in [-0.25, -0.2) is 0 Å². The van der Waals surface area contributed by atoms with Crippen LogP contribution in [0.4, 0.5) is 0 Å². The molecular formula is C17H27BrN2. The molecule has 1 aliphatic heterocycles. The lowest BCUT2D eigenvalue weighted by molar-refractivity contribution is 0.228. The number of hydrogen-bond acceptors (Lipinski definition) is 2. The molecule has 2 nitrogen and oxygen atoms in total. The Kier molecular flexibility index (Phi) is 6.06. The van der Waals surface area contributed by atoms with Gasteiger partial charge in [-0.05, 0) is 70.8 Å². The van der Waals surface area contributed by atoms with E-state index in [1.807, 2.05) is 0 Å². The largest absolute Gasteiger partial charge is 0.307 e. The second kappa shape index (κ2) is 7.58. The topological polar surface area (TPSA) is 15.3 Å². The van der Waals surface area contributed by atoms with Gasteiger partial charge >= 0.3 is 0 Å². The zero-order valence-corrected chi connectivity index (χ0v) is 14.5. The molecule has 0 spiro atoms. The molecular weight excluding hydrogens is 312 g/mol. The Morgan fingerprint density at radius 2 is 1.80 bits per heavy atom. The van der Waals surface area contributed by atoms with Crippen LogP contribution in [0.2, 0.25) is 0 Å². The van der Waals surface area contributed by atoms with Crippen LogP contribution in [0.1, 0.15) is 51.6 Å². The molecule has 1 aromatic rings. The minimum atomic E-state index is 0.429. The minimum absolute atomic E-state index is 0.429. The molecule has 20 heavy (non-hydrogen) atoms. The highest BCUT2D eigenvalue weighted by molar-refractivity contribution is 9.10. The van der Waals surface area contributed by atoms with Crippen molar-refractivity contribution in [1.29, 1.82) is 0 Å². The predicted octanol–water partition coefficient (Wildman–Crippen LogP) is 4.36. The fraction of sp³-hybridized carbons (Fsp3) is 0.647. The summed E-state index contributed by atoms with van der Waals surface area (Å²) in [4.78, 5) is 2.60. The maximum atomic E-state index is 3.81. The van der Waals surface area contributed by atoms with Crippen molar-refractivity contribution in [1.82, 2.24) is 10.2 Å². The number of hydrogen-bond donors (Lipinski definition) is 1. The van der Waals surface area contributed by atoms with Crippen LogP contribution in [0.5, 0.6) is 0 Å². The summed E-state index contributed by atoms with van der Waals surface area (Å²) in [6.45, 7) is 9.36. The molecule has 1 aliphatic rings. The summed E-state index contributed by atoms with van der Waals surface area (Å²) in [5, 5.41) is 3.81. The summed E-state index contributed by atoms with van der Waals surface area (Å²) >= 11 is 3.50. The molecule has 2 atom stereocenters. The first-order chi connectivity index (χ1) is 9.56. The minimum Gasteiger partial charge on any atom is -0.307 e. The molecule has 2 rings (SSSR count). The van der Waals surface area contributed by atoms with Crippen LogP contribution in [-0.2, 0) is 0 Å². The molecule has 3 heteroatoms. The van der Waals surface area contributed by atoms with Crippen molar-refractivity contribution in [3.05, 3.63) is 34.3 Å². The zero-order valence-electron chi connectivity index (χ0n) is 12.9. The summed E-state index contributed by atoms with van der Waals surface area (Å²) in [5.41, 5.74) is 1.37. The van der Waals surface area contributed by atoms with E-state index in [-0.39, 0.29) is 0 Å². The third-order valence-electron chi connectivity index (χ3n) is 4.35. The standard InChI is InChI=1S/C17H27BrN2/c1-13(2)20-11-4-5-17(10-12-20)19-14(3)15-6-8-16(18)9-7-15/h6-9,13-14,17,19H,4-5,10-12H2,1-3H3/t14-,17?/m1/s1. The molecule has 1 aromatic carbocycles. The maximum absolute atomic E-state index is 3.81. The van der Waals surface area contributed by atoms with Crippen molar-refractivity contribution in [2.24, 2.45) is 0 Å². The van der Waals surface area contributed by atoms with E-state index in [4.69, 9.17) is 0 Å². The molecule has 1 unspecified atom stereocenters. The molecule has 1 saturated heterocycles. The molecule has 1 N–H and O–H groups in total. The van der Waals surface area contributed by atoms with Gasteiger partial charge in [-0.3, -0.25) is 0 Å². The molecule has 0 radical (unpaired) electrons. The molecule has 0 amide bonds. The van der Waals surface area contributed by atoms with Crippen molar-refractivity contribution in [2.45, 2.75) is 58.2 Å². The molecule has 1 heterocycles. The van der Waals surface area contributed by atoms with E-state index in [9.17, 15) is 0 Å².